The van der Waals surface area contributed by atoms with E-state index in [9.17, 15) is 13.5 Å². The summed E-state index contributed by atoms with van der Waals surface area (Å²) in [6.45, 7) is 1.89. The van der Waals surface area contributed by atoms with Gasteiger partial charge in [-0.15, -0.1) is 0 Å². The van der Waals surface area contributed by atoms with E-state index in [1.807, 2.05) is 6.92 Å². The van der Waals surface area contributed by atoms with Gasteiger partial charge in [0.15, 0.2) is 0 Å². The van der Waals surface area contributed by atoms with Crippen LogP contribution in [-0.4, -0.2) is 25.7 Å². The van der Waals surface area contributed by atoms with Crippen LogP contribution in [0.3, 0.4) is 0 Å². The monoisotopic (exact) mass is 312 g/mol. The normalized spacial score (nSPS) is 19.1. The Bertz CT molecular complexity index is 591. The van der Waals surface area contributed by atoms with Gasteiger partial charge in [0, 0.05) is 12.2 Å². The molecule has 0 aromatic heterocycles. The Labute approximate surface area is 126 Å². The maximum Gasteiger partial charge on any atom is 0.240 e. The van der Waals surface area contributed by atoms with Crippen LogP contribution < -0.4 is 10.5 Å². The molecule has 6 heteroatoms. The van der Waals surface area contributed by atoms with Crippen LogP contribution in [0.4, 0.5) is 5.69 Å². The van der Waals surface area contributed by atoms with Gasteiger partial charge in [-0.05, 0) is 37.5 Å². The fourth-order valence-electron chi connectivity index (χ4n) is 2.66. The summed E-state index contributed by atoms with van der Waals surface area (Å²) in [7, 11) is -3.64. The first-order chi connectivity index (χ1) is 9.82. The van der Waals surface area contributed by atoms with Crippen molar-refractivity contribution in [3.63, 3.8) is 0 Å². The second kappa shape index (κ2) is 6.34. The number of nitrogen functional groups attached to an aromatic ring is 1. The van der Waals surface area contributed by atoms with Gasteiger partial charge in [-0.1, -0.05) is 31.7 Å². The second-order valence-corrected chi connectivity index (χ2v) is 7.75. The number of sulfonamides is 1. The van der Waals surface area contributed by atoms with E-state index in [0.29, 0.717) is 18.5 Å². The molecule has 2 rings (SSSR count). The first-order valence-corrected chi connectivity index (χ1v) is 8.89. The highest BCUT2D eigenvalue weighted by Gasteiger charge is 2.30. The summed E-state index contributed by atoms with van der Waals surface area (Å²) in [6, 6.07) is 4.67. The predicted molar refractivity (Wildman–Crippen MR) is 83.4 cm³/mol. The Hall–Kier alpha value is -1.11. The Morgan fingerprint density at radius 3 is 2.43 bits per heavy atom. The van der Waals surface area contributed by atoms with Crippen molar-refractivity contribution in [3.8, 4) is 0 Å². The van der Waals surface area contributed by atoms with E-state index in [4.69, 9.17) is 5.73 Å². The molecule has 0 atom stereocenters. The van der Waals surface area contributed by atoms with E-state index in [1.165, 1.54) is 12.1 Å². The zero-order chi connectivity index (χ0) is 15.5. The van der Waals surface area contributed by atoms with E-state index < -0.39 is 15.6 Å². The van der Waals surface area contributed by atoms with Crippen LogP contribution in [0.15, 0.2) is 23.1 Å². The van der Waals surface area contributed by atoms with Crippen molar-refractivity contribution in [1.29, 1.82) is 0 Å². The molecule has 0 saturated heterocycles. The molecule has 1 aliphatic rings. The second-order valence-electron chi connectivity index (χ2n) is 5.98. The summed E-state index contributed by atoms with van der Waals surface area (Å²) in [5.74, 6) is 0. The van der Waals surface area contributed by atoms with Gasteiger partial charge in [-0.2, -0.15) is 0 Å². The lowest BCUT2D eigenvalue weighted by molar-refractivity contribution is 0.0303. The molecule has 0 bridgehead atoms. The standard InChI is InChI=1S/C15H24N2O3S/c1-12-6-7-13(10-14(12)16)21(19,20)17-11-15(18)8-4-2-3-5-9-15/h6-7,10,17-18H,2-5,8-9,11,16H2,1H3. The Morgan fingerprint density at radius 1 is 1.24 bits per heavy atom. The molecule has 1 aromatic carbocycles. The summed E-state index contributed by atoms with van der Waals surface area (Å²) in [4.78, 5) is 0.142. The lowest BCUT2D eigenvalue weighted by atomic mass is 9.95. The van der Waals surface area contributed by atoms with Gasteiger partial charge in [-0.3, -0.25) is 0 Å². The summed E-state index contributed by atoms with van der Waals surface area (Å²) >= 11 is 0. The summed E-state index contributed by atoms with van der Waals surface area (Å²) in [6.07, 6.45) is 5.37. The summed E-state index contributed by atoms with van der Waals surface area (Å²) < 4.78 is 27.1. The molecule has 4 N–H and O–H groups in total. The number of nitrogens with two attached hydrogens (primary N) is 1. The maximum absolute atomic E-state index is 12.3. The molecule has 0 aliphatic heterocycles. The van der Waals surface area contributed by atoms with Crippen molar-refractivity contribution < 1.29 is 13.5 Å². The zero-order valence-electron chi connectivity index (χ0n) is 12.4. The van der Waals surface area contributed by atoms with Crippen LogP contribution in [0, 0.1) is 6.92 Å². The molecule has 5 nitrogen and oxygen atoms in total. The Balaban J connectivity index is 2.08. The molecule has 0 radical (unpaired) electrons. The van der Waals surface area contributed by atoms with Gasteiger partial charge in [0.2, 0.25) is 10.0 Å². The lowest BCUT2D eigenvalue weighted by Crippen LogP contribution is -2.42. The topological polar surface area (TPSA) is 92.4 Å². The maximum atomic E-state index is 12.3. The average Bonchev–Trinajstić information content (AvgIpc) is 2.65. The third-order valence-electron chi connectivity index (χ3n) is 4.19. The van der Waals surface area contributed by atoms with Gasteiger partial charge in [-0.25, -0.2) is 13.1 Å². The number of benzene rings is 1. The van der Waals surface area contributed by atoms with Crippen LogP contribution in [0.2, 0.25) is 0 Å². The van der Waals surface area contributed by atoms with E-state index in [2.05, 4.69) is 4.72 Å². The molecule has 0 amide bonds. The lowest BCUT2D eigenvalue weighted by Gasteiger charge is -2.26. The van der Waals surface area contributed by atoms with Crippen molar-refractivity contribution in [2.75, 3.05) is 12.3 Å². The third-order valence-corrected chi connectivity index (χ3v) is 5.59. The first kappa shape index (κ1) is 16.3. The van der Waals surface area contributed by atoms with Crippen LogP contribution >= 0.6 is 0 Å². The SMILES string of the molecule is Cc1ccc(S(=O)(=O)NCC2(O)CCCCCC2)cc1N. The van der Waals surface area contributed by atoms with Gasteiger partial charge in [0.25, 0.3) is 0 Å². The molecule has 1 fully saturated rings. The fraction of sp³-hybridized carbons (Fsp3) is 0.600. The van der Waals surface area contributed by atoms with E-state index in [0.717, 1.165) is 31.2 Å². The average molecular weight is 312 g/mol. The number of anilines is 1. The number of aryl methyl sites for hydroxylation is 1. The largest absolute Gasteiger partial charge is 0.398 e. The van der Waals surface area contributed by atoms with Crippen molar-refractivity contribution in [2.24, 2.45) is 0 Å². The fourth-order valence-corrected chi connectivity index (χ4v) is 3.82. The summed E-state index contributed by atoms with van der Waals surface area (Å²) in [5.41, 5.74) is 6.12. The van der Waals surface area contributed by atoms with Crippen molar-refractivity contribution in [3.05, 3.63) is 23.8 Å². The molecule has 21 heavy (non-hydrogen) atoms. The smallest absolute Gasteiger partial charge is 0.240 e. The molecule has 1 saturated carbocycles. The molecule has 1 aromatic rings. The van der Waals surface area contributed by atoms with Crippen molar-refractivity contribution in [2.45, 2.75) is 55.9 Å². The van der Waals surface area contributed by atoms with E-state index in [-0.39, 0.29) is 11.4 Å². The molecule has 118 valence electrons. The number of hydrogen-bond acceptors (Lipinski definition) is 4. The minimum Gasteiger partial charge on any atom is -0.398 e. The van der Waals surface area contributed by atoms with Crippen LogP contribution in [-0.2, 0) is 10.0 Å². The highest BCUT2D eigenvalue weighted by atomic mass is 32.2. The molecule has 0 heterocycles. The van der Waals surface area contributed by atoms with Crippen LogP contribution in [0.25, 0.3) is 0 Å². The van der Waals surface area contributed by atoms with Gasteiger partial charge >= 0.3 is 0 Å². The number of aliphatic hydroxyl groups is 1. The van der Waals surface area contributed by atoms with Gasteiger partial charge < -0.3 is 10.8 Å². The number of hydrogen-bond donors (Lipinski definition) is 3. The zero-order valence-corrected chi connectivity index (χ0v) is 13.2. The molecule has 0 unspecified atom stereocenters. The molecule has 0 spiro atoms. The minimum absolute atomic E-state index is 0.0586. The molecular weight excluding hydrogens is 288 g/mol. The Kier molecular flexibility index (Phi) is 4.91. The predicted octanol–water partition coefficient (Wildman–Crippen LogP) is 1.94. The third kappa shape index (κ3) is 4.18. The first-order valence-electron chi connectivity index (χ1n) is 7.41. The van der Waals surface area contributed by atoms with Crippen LogP contribution in [0.5, 0.6) is 0 Å². The van der Waals surface area contributed by atoms with E-state index in [1.54, 1.807) is 6.07 Å². The highest BCUT2D eigenvalue weighted by molar-refractivity contribution is 7.89. The van der Waals surface area contributed by atoms with Gasteiger partial charge in [0.1, 0.15) is 0 Å². The summed E-state index contributed by atoms with van der Waals surface area (Å²) in [5, 5.41) is 10.5. The highest BCUT2D eigenvalue weighted by Crippen LogP contribution is 2.27. The number of nitrogens with one attached hydrogen (secondary N) is 1. The van der Waals surface area contributed by atoms with Crippen molar-refractivity contribution >= 4 is 15.7 Å². The van der Waals surface area contributed by atoms with E-state index >= 15 is 0 Å². The molecular formula is C15H24N2O3S. The Morgan fingerprint density at radius 2 is 1.86 bits per heavy atom. The van der Waals surface area contributed by atoms with Crippen molar-refractivity contribution in [1.82, 2.24) is 4.72 Å². The quantitative estimate of drug-likeness (QED) is 0.585. The minimum atomic E-state index is -3.64. The number of rotatable bonds is 4. The van der Waals surface area contributed by atoms with Crippen LogP contribution in [0.1, 0.15) is 44.1 Å². The molecule has 1 aliphatic carbocycles. The van der Waals surface area contributed by atoms with Gasteiger partial charge in [0.05, 0.1) is 10.5 Å².